The lowest BCUT2D eigenvalue weighted by Gasteiger charge is -2.17. The van der Waals surface area contributed by atoms with E-state index < -0.39 is 0 Å². The molecule has 1 amide bonds. The highest BCUT2D eigenvalue weighted by Gasteiger charge is 2.20. The van der Waals surface area contributed by atoms with Crippen molar-refractivity contribution in [1.82, 2.24) is 29.7 Å². The van der Waals surface area contributed by atoms with E-state index in [4.69, 9.17) is 9.47 Å². The molecule has 1 N–H and O–H groups in total. The average Bonchev–Trinajstić information content (AvgIpc) is 3.41. The second-order valence-corrected chi connectivity index (χ2v) is 7.97. The fourth-order valence-electron chi connectivity index (χ4n) is 3.44. The Bertz CT molecular complexity index is 1280. The van der Waals surface area contributed by atoms with E-state index >= 15 is 0 Å². The summed E-state index contributed by atoms with van der Waals surface area (Å²) in [6, 6.07) is 8.60. The van der Waals surface area contributed by atoms with E-state index in [2.05, 4.69) is 36.4 Å². The normalized spacial score (nSPS) is 12.0. The van der Waals surface area contributed by atoms with Crippen LogP contribution in [0.1, 0.15) is 35.9 Å². The van der Waals surface area contributed by atoms with Crippen LogP contribution in [0.5, 0.6) is 11.5 Å². The number of methoxy groups -OCH3 is 2. The van der Waals surface area contributed by atoms with Gasteiger partial charge in [0.05, 0.1) is 30.4 Å². The number of carbonyl (C=O) groups excluding carboxylic acids is 1. The van der Waals surface area contributed by atoms with E-state index in [0.29, 0.717) is 17.1 Å². The van der Waals surface area contributed by atoms with Gasteiger partial charge in [-0.1, -0.05) is 0 Å². The minimum atomic E-state index is -0.334. The minimum Gasteiger partial charge on any atom is -0.497 e. The SMILES string of the molecule is CCn1cc(Br)c(-c2ccnc3cc(C(=O)NC(C)c4cc(OC)ccc4OC)nn23)n1. The zero-order chi connectivity index (χ0) is 22.8. The van der Waals surface area contributed by atoms with Crippen LogP contribution < -0.4 is 14.8 Å². The van der Waals surface area contributed by atoms with E-state index in [9.17, 15) is 4.79 Å². The Morgan fingerprint density at radius 3 is 2.69 bits per heavy atom. The van der Waals surface area contributed by atoms with Gasteiger partial charge < -0.3 is 14.8 Å². The van der Waals surface area contributed by atoms with Gasteiger partial charge in [-0.25, -0.2) is 9.50 Å². The van der Waals surface area contributed by atoms with Crippen LogP contribution in [0.3, 0.4) is 0 Å². The summed E-state index contributed by atoms with van der Waals surface area (Å²) >= 11 is 3.55. The second kappa shape index (κ2) is 8.99. The molecule has 0 saturated carbocycles. The zero-order valence-corrected chi connectivity index (χ0v) is 19.8. The number of fused-ring (bicyclic) bond motifs is 1. The molecule has 0 aliphatic carbocycles. The standard InChI is InChI=1S/C22H23BrN6O3/c1-5-28-12-16(23)21(27-28)18-8-9-24-20-11-17(26-29(18)20)22(30)25-13(2)15-10-14(31-3)6-7-19(15)32-4/h6-13H,5H2,1-4H3,(H,25,30). The molecule has 0 bridgehead atoms. The lowest BCUT2D eigenvalue weighted by molar-refractivity contribution is 0.0934. The molecule has 0 radical (unpaired) electrons. The van der Waals surface area contributed by atoms with Crippen LogP contribution in [-0.2, 0) is 6.54 Å². The molecule has 9 nitrogen and oxygen atoms in total. The largest absolute Gasteiger partial charge is 0.497 e. The van der Waals surface area contributed by atoms with Crippen LogP contribution >= 0.6 is 15.9 Å². The first-order valence-electron chi connectivity index (χ1n) is 10.1. The number of rotatable bonds is 7. The van der Waals surface area contributed by atoms with Crippen LogP contribution in [0, 0.1) is 0 Å². The number of carbonyl (C=O) groups is 1. The lowest BCUT2D eigenvalue weighted by atomic mass is 10.1. The number of halogens is 1. The number of benzene rings is 1. The topological polar surface area (TPSA) is 95.6 Å². The third kappa shape index (κ3) is 4.05. The average molecular weight is 499 g/mol. The Hall–Kier alpha value is -3.40. The molecule has 1 atom stereocenters. The second-order valence-electron chi connectivity index (χ2n) is 7.11. The van der Waals surface area contributed by atoms with Crippen molar-refractivity contribution in [3.63, 3.8) is 0 Å². The predicted octanol–water partition coefficient (Wildman–Crippen LogP) is 3.88. The number of nitrogens with zero attached hydrogens (tertiary/aromatic N) is 5. The molecular weight excluding hydrogens is 476 g/mol. The van der Waals surface area contributed by atoms with Crippen molar-refractivity contribution >= 4 is 27.5 Å². The van der Waals surface area contributed by atoms with Crippen molar-refractivity contribution in [2.45, 2.75) is 26.4 Å². The predicted molar refractivity (Wildman–Crippen MR) is 123 cm³/mol. The number of hydrogen-bond donors (Lipinski definition) is 1. The third-order valence-electron chi connectivity index (χ3n) is 5.13. The van der Waals surface area contributed by atoms with Crippen LogP contribution in [-0.4, -0.2) is 44.5 Å². The third-order valence-corrected chi connectivity index (χ3v) is 5.71. The van der Waals surface area contributed by atoms with E-state index in [-0.39, 0.29) is 17.6 Å². The molecule has 1 unspecified atom stereocenters. The first-order chi connectivity index (χ1) is 15.4. The summed E-state index contributed by atoms with van der Waals surface area (Å²) in [5.74, 6) is 1.02. The van der Waals surface area contributed by atoms with Crippen LogP contribution in [0.25, 0.3) is 17.0 Å². The maximum absolute atomic E-state index is 13.0. The molecule has 32 heavy (non-hydrogen) atoms. The molecule has 0 aliphatic rings. The van der Waals surface area contributed by atoms with Gasteiger partial charge in [-0.3, -0.25) is 9.48 Å². The van der Waals surface area contributed by atoms with Crippen molar-refractivity contribution in [3.8, 4) is 22.9 Å². The highest BCUT2D eigenvalue weighted by molar-refractivity contribution is 9.10. The molecule has 3 aromatic heterocycles. The number of nitrogens with one attached hydrogen (secondary N) is 1. The van der Waals surface area contributed by atoms with Crippen LogP contribution in [0.15, 0.2) is 47.2 Å². The van der Waals surface area contributed by atoms with Crippen molar-refractivity contribution in [2.75, 3.05) is 14.2 Å². The number of aromatic nitrogens is 5. The van der Waals surface area contributed by atoms with Gasteiger partial charge in [-0.15, -0.1) is 0 Å². The summed E-state index contributed by atoms with van der Waals surface area (Å²) in [4.78, 5) is 17.4. The van der Waals surface area contributed by atoms with Gasteiger partial charge in [-0.05, 0) is 54.0 Å². The molecule has 4 rings (SSSR count). The zero-order valence-electron chi connectivity index (χ0n) is 18.2. The van der Waals surface area contributed by atoms with E-state index in [1.54, 1.807) is 31.0 Å². The fraction of sp³-hybridized carbons (Fsp3) is 0.273. The summed E-state index contributed by atoms with van der Waals surface area (Å²) in [6.45, 7) is 4.63. The molecule has 0 saturated heterocycles. The van der Waals surface area contributed by atoms with Gasteiger partial charge in [0.1, 0.15) is 17.2 Å². The van der Waals surface area contributed by atoms with Crippen molar-refractivity contribution in [1.29, 1.82) is 0 Å². The number of ether oxygens (including phenoxy) is 2. The Kier molecular flexibility index (Phi) is 6.13. The molecule has 4 aromatic rings. The molecule has 166 valence electrons. The van der Waals surface area contributed by atoms with E-state index in [1.807, 2.05) is 49.0 Å². The summed E-state index contributed by atoms with van der Waals surface area (Å²) < 4.78 is 15.0. The lowest BCUT2D eigenvalue weighted by Crippen LogP contribution is -2.27. The number of aryl methyl sites for hydroxylation is 1. The molecular formula is C22H23BrN6O3. The van der Waals surface area contributed by atoms with E-state index in [1.165, 1.54) is 0 Å². The van der Waals surface area contributed by atoms with Crippen molar-refractivity contribution in [3.05, 3.63) is 58.5 Å². The Morgan fingerprint density at radius 2 is 2.00 bits per heavy atom. The van der Waals surface area contributed by atoms with Crippen LogP contribution in [0.4, 0.5) is 0 Å². The summed E-state index contributed by atoms with van der Waals surface area (Å²) in [5, 5.41) is 12.1. The van der Waals surface area contributed by atoms with Gasteiger partial charge in [0.2, 0.25) is 0 Å². The maximum atomic E-state index is 13.0. The monoisotopic (exact) mass is 498 g/mol. The number of hydrogen-bond acceptors (Lipinski definition) is 6. The molecule has 0 aliphatic heterocycles. The Labute approximate surface area is 193 Å². The molecule has 10 heteroatoms. The van der Waals surface area contributed by atoms with Gasteiger partial charge in [0.25, 0.3) is 5.91 Å². The summed E-state index contributed by atoms with van der Waals surface area (Å²) in [7, 11) is 3.19. The minimum absolute atomic E-state index is 0.254. The van der Waals surface area contributed by atoms with E-state index in [0.717, 1.165) is 28.0 Å². The number of amides is 1. The Balaban J connectivity index is 1.65. The van der Waals surface area contributed by atoms with Gasteiger partial charge in [0, 0.05) is 30.6 Å². The van der Waals surface area contributed by atoms with Crippen molar-refractivity contribution in [2.24, 2.45) is 0 Å². The summed E-state index contributed by atoms with van der Waals surface area (Å²) in [5.41, 5.74) is 3.07. The molecule has 0 spiro atoms. The molecule has 1 aromatic carbocycles. The highest BCUT2D eigenvalue weighted by Crippen LogP contribution is 2.30. The maximum Gasteiger partial charge on any atom is 0.272 e. The van der Waals surface area contributed by atoms with Gasteiger partial charge >= 0.3 is 0 Å². The smallest absolute Gasteiger partial charge is 0.272 e. The first-order valence-corrected chi connectivity index (χ1v) is 10.8. The quantitative estimate of drug-likeness (QED) is 0.415. The van der Waals surface area contributed by atoms with Crippen LogP contribution in [0.2, 0.25) is 0 Å². The highest BCUT2D eigenvalue weighted by atomic mass is 79.9. The fourth-order valence-corrected chi connectivity index (χ4v) is 3.96. The van der Waals surface area contributed by atoms with Crippen molar-refractivity contribution < 1.29 is 14.3 Å². The van der Waals surface area contributed by atoms with Gasteiger partial charge in [0.15, 0.2) is 11.3 Å². The molecule has 0 fully saturated rings. The summed E-state index contributed by atoms with van der Waals surface area (Å²) in [6.07, 6.45) is 3.58. The Morgan fingerprint density at radius 1 is 1.19 bits per heavy atom. The molecule has 3 heterocycles. The first kappa shape index (κ1) is 21.8. The van der Waals surface area contributed by atoms with Gasteiger partial charge in [-0.2, -0.15) is 10.2 Å².